The molecule has 1 fully saturated rings. The summed E-state index contributed by atoms with van der Waals surface area (Å²) in [5.74, 6) is 0.00147. The van der Waals surface area contributed by atoms with Gasteiger partial charge in [0.15, 0.2) is 5.11 Å². The number of hydrogen-bond acceptors (Lipinski definition) is 3. The Morgan fingerprint density at radius 1 is 1.27 bits per heavy atom. The lowest BCUT2D eigenvalue weighted by atomic mass is 9.98. The number of hydrogen-bond donors (Lipinski definition) is 2. The number of carbonyl (C=O) groups is 1. The first-order chi connectivity index (χ1) is 14.5. The van der Waals surface area contributed by atoms with Crippen molar-refractivity contribution in [3.8, 4) is 0 Å². The molecule has 1 saturated heterocycles. The van der Waals surface area contributed by atoms with Gasteiger partial charge in [-0.3, -0.25) is 9.78 Å². The predicted octanol–water partition coefficient (Wildman–Crippen LogP) is 4.25. The molecule has 6 nitrogen and oxygen atoms in total. The van der Waals surface area contributed by atoms with Crippen LogP contribution < -0.4 is 15.5 Å². The first-order valence-corrected chi connectivity index (χ1v) is 10.4. The fourth-order valence-corrected chi connectivity index (χ4v) is 4.19. The van der Waals surface area contributed by atoms with E-state index in [-0.39, 0.29) is 18.0 Å². The minimum Gasteiger partial charge on any atom is -0.357 e. The van der Waals surface area contributed by atoms with Crippen LogP contribution in [0.15, 0.2) is 61.1 Å². The Balaban J connectivity index is 1.74. The zero-order chi connectivity index (χ0) is 21.3. The first kappa shape index (κ1) is 20.1. The van der Waals surface area contributed by atoms with Crippen LogP contribution in [0.4, 0.5) is 11.4 Å². The Labute approximate surface area is 181 Å². The van der Waals surface area contributed by atoms with Gasteiger partial charge >= 0.3 is 0 Å². The van der Waals surface area contributed by atoms with E-state index in [1.54, 1.807) is 6.20 Å². The van der Waals surface area contributed by atoms with Crippen molar-refractivity contribution in [1.82, 2.24) is 14.9 Å². The van der Waals surface area contributed by atoms with Crippen LogP contribution in [-0.4, -0.2) is 20.6 Å². The molecule has 2 N–H and O–H groups in total. The summed E-state index contributed by atoms with van der Waals surface area (Å²) in [5, 5.41) is 7.08. The standard InChI is InChI=1S/C23H25N5OS/c1-4-20(29)25-18-9-8-17(13-15(18)2)28-22(16-10-12-27(3)14-16)21(26-23(28)30)19-7-5-6-11-24-19/h5-14,21-22H,4H2,1-3H3,(H,25,29)(H,26,30). The number of thiocarbonyl (C=S) groups is 1. The van der Waals surface area contributed by atoms with Gasteiger partial charge in [0, 0.05) is 43.4 Å². The second-order valence-electron chi connectivity index (χ2n) is 7.51. The summed E-state index contributed by atoms with van der Waals surface area (Å²) in [6.45, 7) is 3.84. The molecule has 1 aromatic carbocycles. The van der Waals surface area contributed by atoms with Gasteiger partial charge in [-0.25, -0.2) is 0 Å². The van der Waals surface area contributed by atoms with E-state index in [2.05, 4.69) is 38.8 Å². The molecule has 0 radical (unpaired) electrons. The number of nitrogens with zero attached hydrogens (tertiary/aromatic N) is 3. The lowest BCUT2D eigenvalue weighted by Gasteiger charge is -2.28. The third-order valence-corrected chi connectivity index (χ3v) is 5.69. The molecular weight excluding hydrogens is 394 g/mol. The van der Waals surface area contributed by atoms with E-state index in [0.29, 0.717) is 11.5 Å². The van der Waals surface area contributed by atoms with Gasteiger partial charge < -0.3 is 20.1 Å². The molecule has 0 saturated carbocycles. The molecule has 1 amide bonds. The highest BCUT2D eigenvalue weighted by Crippen LogP contribution is 2.42. The van der Waals surface area contributed by atoms with Gasteiger partial charge in [-0.2, -0.15) is 0 Å². The van der Waals surface area contributed by atoms with Crippen LogP contribution in [0.1, 0.15) is 42.2 Å². The van der Waals surface area contributed by atoms with Crippen LogP contribution in [-0.2, 0) is 11.8 Å². The van der Waals surface area contributed by atoms with E-state index in [1.165, 1.54) is 0 Å². The molecule has 2 unspecified atom stereocenters. The fraction of sp³-hybridized carbons (Fsp3) is 0.261. The van der Waals surface area contributed by atoms with Gasteiger partial charge in [-0.05, 0) is 66.7 Å². The largest absolute Gasteiger partial charge is 0.357 e. The number of pyridine rings is 1. The fourth-order valence-electron chi connectivity index (χ4n) is 3.85. The number of benzene rings is 1. The van der Waals surface area contributed by atoms with E-state index in [0.717, 1.165) is 28.2 Å². The molecule has 0 bridgehead atoms. The molecule has 7 heteroatoms. The van der Waals surface area contributed by atoms with Gasteiger partial charge in [0.05, 0.1) is 17.8 Å². The lowest BCUT2D eigenvalue weighted by Crippen LogP contribution is -2.29. The maximum atomic E-state index is 11.8. The third kappa shape index (κ3) is 3.80. The molecule has 3 heterocycles. The van der Waals surface area contributed by atoms with Crippen LogP contribution >= 0.6 is 12.2 Å². The average Bonchev–Trinajstić information content (AvgIpc) is 3.32. The highest BCUT2D eigenvalue weighted by Gasteiger charge is 2.41. The highest BCUT2D eigenvalue weighted by atomic mass is 32.1. The van der Waals surface area contributed by atoms with E-state index in [1.807, 2.05) is 62.0 Å². The molecule has 2 atom stereocenters. The van der Waals surface area contributed by atoms with Gasteiger partial charge in [0.25, 0.3) is 0 Å². The highest BCUT2D eigenvalue weighted by molar-refractivity contribution is 7.80. The van der Waals surface area contributed by atoms with Crippen LogP contribution in [0.5, 0.6) is 0 Å². The van der Waals surface area contributed by atoms with Crippen molar-refractivity contribution in [3.63, 3.8) is 0 Å². The van der Waals surface area contributed by atoms with Crippen molar-refractivity contribution in [2.45, 2.75) is 32.4 Å². The summed E-state index contributed by atoms with van der Waals surface area (Å²) >= 11 is 5.76. The Morgan fingerprint density at radius 2 is 2.10 bits per heavy atom. The molecule has 3 aromatic rings. The van der Waals surface area contributed by atoms with Gasteiger partial charge in [0.1, 0.15) is 0 Å². The van der Waals surface area contributed by atoms with Crippen molar-refractivity contribution in [1.29, 1.82) is 0 Å². The van der Waals surface area contributed by atoms with Crippen molar-refractivity contribution in [2.75, 3.05) is 10.2 Å². The van der Waals surface area contributed by atoms with Crippen LogP contribution in [0.25, 0.3) is 0 Å². The number of anilines is 2. The first-order valence-electron chi connectivity index (χ1n) is 10.0. The Kier molecular flexibility index (Phi) is 5.55. The number of nitrogens with one attached hydrogen (secondary N) is 2. The molecule has 0 spiro atoms. The summed E-state index contributed by atoms with van der Waals surface area (Å²) in [6, 6.07) is 14.0. The van der Waals surface area contributed by atoms with E-state index in [4.69, 9.17) is 12.2 Å². The summed E-state index contributed by atoms with van der Waals surface area (Å²) in [4.78, 5) is 18.5. The lowest BCUT2D eigenvalue weighted by molar-refractivity contribution is -0.115. The number of aryl methyl sites for hydroxylation is 2. The molecule has 1 aliphatic heterocycles. The monoisotopic (exact) mass is 419 g/mol. The Morgan fingerprint density at radius 3 is 2.73 bits per heavy atom. The number of amides is 1. The van der Waals surface area contributed by atoms with Crippen molar-refractivity contribution in [3.05, 3.63) is 77.9 Å². The molecule has 30 heavy (non-hydrogen) atoms. The summed E-state index contributed by atoms with van der Waals surface area (Å²) in [6.07, 6.45) is 6.41. The van der Waals surface area contributed by atoms with E-state index >= 15 is 0 Å². The minimum absolute atomic E-state index is 0.00147. The number of rotatable bonds is 5. The maximum absolute atomic E-state index is 11.8. The van der Waals surface area contributed by atoms with Crippen LogP contribution in [0, 0.1) is 6.92 Å². The second kappa shape index (κ2) is 8.28. The number of carbonyl (C=O) groups excluding carboxylic acids is 1. The minimum atomic E-state index is -0.0686. The maximum Gasteiger partial charge on any atom is 0.224 e. The van der Waals surface area contributed by atoms with Crippen molar-refractivity contribution >= 4 is 34.6 Å². The van der Waals surface area contributed by atoms with Gasteiger partial charge in [-0.15, -0.1) is 0 Å². The zero-order valence-corrected chi connectivity index (χ0v) is 18.1. The van der Waals surface area contributed by atoms with Crippen molar-refractivity contribution < 1.29 is 4.79 Å². The second-order valence-corrected chi connectivity index (χ2v) is 7.89. The zero-order valence-electron chi connectivity index (χ0n) is 17.3. The van der Waals surface area contributed by atoms with Gasteiger partial charge in [-0.1, -0.05) is 13.0 Å². The predicted molar refractivity (Wildman–Crippen MR) is 123 cm³/mol. The molecule has 1 aliphatic rings. The van der Waals surface area contributed by atoms with Crippen LogP contribution in [0.3, 0.4) is 0 Å². The summed E-state index contributed by atoms with van der Waals surface area (Å²) in [5.41, 5.74) is 4.89. The van der Waals surface area contributed by atoms with Crippen molar-refractivity contribution in [2.24, 2.45) is 7.05 Å². The smallest absolute Gasteiger partial charge is 0.224 e. The summed E-state index contributed by atoms with van der Waals surface area (Å²) < 4.78 is 2.04. The van der Waals surface area contributed by atoms with E-state index in [9.17, 15) is 4.79 Å². The normalized spacial score (nSPS) is 18.4. The molecular formula is C23H25N5OS. The molecule has 2 aromatic heterocycles. The topological polar surface area (TPSA) is 62.2 Å². The van der Waals surface area contributed by atoms with Crippen LogP contribution in [0.2, 0.25) is 0 Å². The van der Waals surface area contributed by atoms with E-state index < -0.39 is 0 Å². The molecule has 4 rings (SSSR count). The molecule has 154 valence electrons. The average molecular weight is 420 g/mol. The third-order valence-electron chi connectivity index (χ3n) is 5.38. The Hall–Kier alpha value is -3.19. The quantitative estimate of drug-likeness (QED) is 0.605. The number of aromatic nitrogens is 2. The molecule has 0 aliphatic carbocycles. The SMILES string of the molecule is CCC(=O)Nc1ccc(N2C(=S)NC(c3ccccn3)C2c2ccn(C)c2)cc1C. The Bertz CT molecular complexity index is 1080. The summed E-state index contributed by atoms with van der Waals surface area (Å²) in [7, 11) is 2.01. The van der Waals surface area contributed by atoms with Gasteiger partial charge in [0.2, 0.25) is 5.91 Å².